The highest BCUT2D eigenvalue weighted by molar-refractivity contribution is 7.98. The number of carbonyl (C=O) groups excluding carboxylic acids is 1. The van der Waals surface area contributed by atoms with Crippen molar-refractivity contribution in [3.05, 3.63) is 30.3 Å². The molecule has 0 radical (unpaired) electrons. The number of carbonyl (C=O) groups is 1. The van der Waals surface area contributed by atoms with Gasteiger partial charge in [0.2, 0.25) is 15.9 Å². The molecule has 0 aromatic heterocycles. The van der Waals surface area contributed by atoms with Gasteiger partial charge in [-0.25, -0.2) is 8.42 Å². The Morgan fingerprint density at radius 1 is 1.35 bits per heavy atom. The number of nitrogens with one attached hydrogen (secondary N) is 3. The Hall–Kier alpha value is -0.800. The molecule has 1 saturated heterocycles. The van der Waals surface area contributed by atoms with E-state index >= 15 is 0 Å². The fourth-order valence-electron chi connectivity index (χ4n) is 2.82. The lowest BCUT2D eigenvalue weighted by molar-refractivity contribution is -0.122. The zero-order chi connectivity index (χ0) is 18.1. The summed E-state index contributed by atoms with van der Waals surface area (Å²) in [7, 11) is -3.71. The van der Waals surface area contributed by atoms with Crippen molar-refractivity contribution in [3.8, 4) is 0 Å². The summed E-state index contributed by atoms with van der Waals surface area (Å²) < 4.78 is 27.5. The molecule has 1 aromatic carbocycles. The molecule has 6 nitrogen and oxygen atoms in total. The number of sulfonamides is 1. The van der Waals surface area contributed by atoms with E-state index in [1.807, 2.05) is 6.26 Å². The highest BCUT2D eigenvalue weighted by atomic mass is 35.5. The quantitative estimate of drug-likeness (QED) is 0.534. The minimum Gasteiger partial charge on any atom is -0.355 e. The van der Waals surface area contributed by atoms with Gasteiger partial charge in [0.1, 0.15) is 6.04 Å². The van der Waals surface area contributed by atoms with Crippen LogP contribution < -0.4 is 15.4 Å². The number of hydrogen-bond donors (Lipinski definition) is 3. The molecular weight excluding hydrogens is 394 g/mol. The lowest BCUT2D eigenvalue weighted by Crippen LogP contribution is -2.47. The second-order valence-electron chi connectivity index (χ2n) is 6.21. The van der Waals surface area contributed by atoms with Crippen molar-refractivity contribution in [2.75, 3.05) is 31.6 Å². The van der Waals surface area contributed by atoms with Crippen molar-refractivity contribution >= 4 is 40.1 Å². The van der Waals surface area contributed by atoms with Crippen molar-refractivity contribution in [2.24, 2.45) is 5.92 Å². The lowest BCUT2D eigenvalue weighted by Gasteiger charge is -2.19. The molecule has 0 aliphatic carbocycles. The van der Waals surface area contributed by atoms with Gasteiger partial charge >= 0.3 is 0 Å². The van der Waals surface area contributed by atoms with Crippen LogP contribution in [0.5, 0.6) is 0 Å². The average Bonchev–Trinajstić information content (AvgIpc) is 3.12. The van der Waals surface area contributed by atoms with E-state index in [0.29, 0.717) is 24.6 Å². The molecule has 1 aromatic rings. The van der Waals surface area contributed by atoms with Gasteiger partial charge in [0.05, 0.1) is 4.90 Å². The van der Waals surface area contributed by atoms with Crippen LogP contribution in [-0.4, -0.2) is 52.0 Å². The Balaban J connectivity index is 0.00000338. The molecule has 0 saturated carbocycles. The summed E-state index contributed by atoms with van der Waals surface area (Å²) >= 11 is 1.59. The van der Waals surface area contributed by atoms with E-state index in [1.54, 1.807) is 30.0 Å². The molecule has 9 heteroatoms. The van der Waals surface area contributed by atoms with Crippen LogP contribution in [0.15, 0.2) is 35.2 Å². The van der Waals surface area contributed by atoms with Crippen molar-refractivity contribution in [1.29, 1.82) is 0 Å². The summed E-state index contributed by atoms with van der Waals surface area (Å²) in [4.78, 5) is 12.6. The van der Waals surface area contributed by atoms with Crippen molar-refractivity contribution in [2.45, 2.75) is 30.2 Å². The molecule has 148 valence electrons. The van der Waals surface area contributed by atoms with Gasteiger partial charge in [-0.1, -0.05) is 18.2 Å². The third-order valence-corrected chi connectivity index (χ3v) is 6.42. The van der Waals surface area contributed by atoms with Gasteiger partial charge in [0.25, 0.3) is 0 Å². The van der Waals surface area contributed by atoms with Crippen LogP contribution in [0.25, 0.3) is 0 Å². The van der Waals surface area contributed by atoms with E-state index in [1.165, 1.54) is 12.1 Å². The highest BCUT2D eigenvalue weighted by Gasteiger charge is 2.25. The molecule has 1 amide bonds. The first-order chi connectivity index (χ1) is 12.0. The predicted octanol–water partition coefficient (Wildman–Crippen LogP) is 1.62. The molecule has 2 unspecified atom stereocenters. The molecule has 1 aliphatic heterocycles. The SMILES string of the molecule is CSCCC(NS(=O)(=O)c1ccccc1)C(=O)NCCC1CCNC1.Cl. The predicted molar refractivity (Wildman–Crippen MR) is 109 cm³/mol. The van der Waals surface area contributed by atoms with Crippen molar-refractivity contribution in [1.82, 2.24) is 15.4 Å². The van der Waals surface area contributed by atoms with Gasteiger partial charge in [0, 0.05) is 6.54 Å². The van der Waals surface area contributed by atoms with E-state index < -0.39 is 16.1 Å². The number of thioether (sulfide) groups is 1. The van der Waals surface area contributed by atoms with Crippen molar-refractivity contribution in [3.63, 3.8) is 0 Å². The third-order valence-electron chi connectivity index (χ3n) is 4.29. The Kier molecular flexibility index (Phi) is 10.6. The summed E-state index contributed by atoms with van der Waals surface area (Å²) in [6, 6.07) is 7.40. The van der Waals surface area contributed by atoms with Crippen molar-refractivity contribution < 1.29 is 13.2 Å². The summed E-state index contributed by atoms with van der Waals surface area (Å²) in [6.45, 7) is 2.60. The number of amides is 1. The molecule has 0 bridgehead atoms. The van der Waals surface area contributed by atoms with E-state index in [0.717, 1.165) is 25.9 Å². The number of halogens is 1. The maximum atomic E-state index is 12.5. The molecule has 26 heavy (non-hydrogen) atoms. The number of hydrogen-bond acceptors (Lipinski definition) is 5. The summed E-state index contributed by atoms with van der Waals surface area (Å²) in [5.74, 6) is 1.05. The molecule has 3 N–H and O–H groups in total. The monoisotopic (exact) mass is 421 g/mol. The zero-order valence-electron chi connectivity index (χ0n) is 14.9. The zero-order valence-corrected chi connectivity index (χ0v) is 17.4. The Morgan fingerprint density at radius 2 is 2.08 bits per heavy atom. The molecule has 2 atom stereocenters. The Bertz CT molecular complexity index is 638. The summed E-state index contributed by atoms with van der Waals surface area (Å²) in [5, 5.41) is 6.19. The highest BCUT2D eigenvalue weighted by Crippen LogP contribution is 2.12. The minimum atomic E-state index is -3.71. The van der Waals surface area contributed by atoms with Gasteiger partial charge in [0.15, 0.2) is 0 Å². The van der Waals surface area contributed by atoms with Gasteiger partial charge in [-0.3, -0.25) is 4.79 Å². The van der Waals surface area contributed by atoms with Gasteiger partial charge in [-0.05, 0) is 62.4 Å². The van der Waals surface area contributed by atoms with E-state index in [-0.39, 0.29) is 23.2 Å². The molecule has 2 rings (SSSR count). The fourth-order valence-corrected chi connectivity index (χ4v) is 4.54. The minimum absolute atomic E-state index is 0. The first-order valence-corrected chi connectivity index (χ1v) is 11.5. The second-order valence-corrected chi connectivity index (χ2v) is 8.91. The normalized spacial score (nSPS) is 18.1. The van der Waals surface area contributed by atoms with E-state index in [4.69, 9.17) is 0 Å². The number of benzene rings is 1. The van der Waals surface area contributed by atoms with Crippen LogP contribution in [0.2, 0.25) is 0 Å². The standard InChI is InChI=1S/C17H27N3O3S2.ClH/c1-24-12-9-16(17(21)19-11-8-14-7-10-18-13-14)20-25(22,23)15-5-3-2-4-6-15;/h2-6,14,16,18,20H,7-13H2,1H3,(H,19,21);1H. The first-order valence-electron chi connectivity index (χ1n) is 8.57. The van der Waals surface area contributed by atoms with Gasteiger partial charge in [-0.2, -0.15) is 16.5 Å². The molecule has 1 aliphatic rings. The molecule has 1 fully saturated rings. The van der Waals surface area contributed by atoms with E-state index in [2.05, 4.69) is 15.4 Å². The van der Waals surface area contributed by atoms with Crippen LogP contribution in [0.1, 0.15) is 19.3 Å². The summed E-state index contributed by atoms with van der Waals surface area (Å²) in [5.41, 5.74) is 0. The number of rotatable bonds is 10. The largest absolute Gasteiger partial charge is 0.355 e. The van der Waals surface area contributed by atoms with Gasteiger partial charge < -0.3 is 10.6 Å². The van der Waals surface area contributed by atoms with Crippen LogP contribution in [0.4, 0.5) is 0 Å². The average molecular weight is 422 g/mol. The molecular formula is C17H28ClN3O3S2. The Morgan fingerprint density at radius 3 is 2.69 bits per heavy atom. The third kappa shape index (κ3) is 7.44. The molecule has 1 heterocycles. The fraction of sp³-hybridized carbons (Fsp3) is 0.588. The van der Waals surface area contributed by atoms with Crippen LogP contribution in [0, 0.1) is 5.92 Å². The lowest BCUT2D eigenvalue weighted by atomic mass is 10.1. The van der Waals surface area contributed by atoms with Crippen LogP contribution in [0.3, 0.4) is 0 Å². The van der Waals surface area contributed by atoms with Crippen LogP contribution in [-0.2, 0) is 14.8 Å². The Labute approximate surface area is 166 Å². The van der Waals surface area contributed by atoms with Gasteiger partial charge in [-0.15, -0.1) is 12.4 Å². The maximum Gasteiger partial charge on any atom is 0.241 e. The smallest absolute Gasteiger partial charge is 0.241 e. The summed E-state index contributed by atoms with van der Waals surface area (Å²) in [6.07, 6.45) is 4.45. The molecule has 0 spiro atoms. The van der Waals surface area contributed by atoms with Crippen LogP contribution >= 0.6 is 24.2 Å². The first kappa shape index (κ1) is 23.2. The van der Waals surface area contributed by atoms with E-state index in [9.17, 15) is 13.2 Å². The topological polar surface area (TPSA) is 87.3 Å². The maximum absolute atomic E-state index is 12.5. The second kappa shape index (κ2) is 11.8.